The summed E-state index contributed by atoms with van der Waals surface area (Å²) in [6, 6.07) is 2.12. The maximum Gasteiger partial charge on any atom is 0.162 e. The molecule has 0 aliphatic carbocycles. The Bertz CT molecular complexity index is 372. The van der Waals surface area contributed by atoms with E-state index in [-0.39, 0.29) is 5.56 Å². The molecule has 0 aliphatic rings. The highest BCUT2D eigenvalue weighted by Crippen LogP contribution is 2.17. The number of hydrogen-bond donors (Lipinski definition) is 0. The predicted octanol–water partition coefficient (Wildman–Crippen LogP) is 3.51. The van der Waals surface area contributed by atoms with E-state index in [0.29, 0.717) is 12.0 Å². The zero-order valence-corrected chi connectivity index (χ0v) is 8.94. The summed E-state index contributed by atoms with van der Waals surface area (Å²) in [7, 11) is 0. The summed E-state index contributed by atoms with van der Waals surface area (Å²) in [5.74, 6) is -1.57. The Kier molecular flexibility index (Phi) is 3.95. The van der Waals surface area contributed by atoms with Gasteiger partial charge in [0.2, 0.25) is 0 Å². The van der Waals surface area contributed by atoms with Crippen LogP contribution in [0.1, 0.15) is 42.6 Å². The van der Waals surface area contributed by atoms with Gasteiger partial charge in [0.15, 0.2) is 5.78 Å². The molecule has 0 aliphatic heterocycles. The van der Waals surface area contributed by atoms with Gasteiger partial charge in [0, 0.05) is 0 Å². The molecule has 3 heteroatoms. The molecule has 0 heterocycles. The molecule has 0 radical (unpaired) electrons. The van der Waals surface area contributed by atoms with E-state index in [0.717, 1.165) is 25.0 Å². The molecule has 0 N–H and O–H groups in total. The van der Waals surface area contributed by atoms with E-state index < -0.39 is 17.4 Å². The number of rotatable bonds is 4. The average molecular weight is 212 g/mol. The van der Waals surface area contributed by atoms with E-state index in [9.17, 15) is 13.6 Å². The van der Waals surface area contributed by atoms with Crippen molar-refractivity contribution in [1.82, 2.24) is 0 Å². The quantitative estimate of drug-likeness (QED) is 0.698. The highest BCUT2D eigenvalue weighted by atomic mass is 19.1. The lowest BCUT2D eigenvalue weighted by Crippen LogP contribution is -2.01. The van der Waals surface area contributed by atoms with Gasteiger partial charge in [-0.3, -0.25) is 4.79 Å². The summed E-state index contributed by atoms with van der Waals surface area (Å²) in [6.07, 6.45) is 2.25. The van der Waals surface area contributed by atoms with Gasteiger partial charge in [-0.25, -0.2) is 8.78 Å². The molecule has 0 saturated carbocycles. The van der Waals surface area contributed by atoms with E-state index >= 15 is 0 Å². The Hall–Kier alpha value is -1.25. The van der Waals surface area contributed by atoms with Crippen molar-refractivity contribution in [2.24, 2.45) is 0 Å². The van der Waals surface area contributed by atoms with Crippen LogP contribution in [-0.4, -0.2) is 5.78 Å². The zero-order valence-electron chi connectivity index (χ0n) is 8.94. The lowest BCUT2D eigenvalue weighted by atomic mass is 10.0. The van der Waals surface area contributed by atoms with Crippen LogP contribution < -0.4 is 0 Å². The Morgan fingerprint density at radius 1 is 1.27 bits per heavy atom. The first-order valence-electron chi connectivity index (χ1n) is 5.05. The second kappa shape index (κ2) is 5.01. The number of ketones is 1. The number of benzene rings is 1. The minimum atomic E-state index is -0.630. The summed E-state index contributed by atoms with van der Waals surface area (Å²) in [5.41, 5.74) is 0.173. The number of halogens is 2. The van der Waals surface area contributed by atoms with Gasteiger partial charge in [-0.05, 0) is 37.5 Å². The van der Waals surface area contributed by atoms with Crippen LogP contribution in [0.3, 0.4) is 0 Å². The number of carbonyl (C=O) groups excluding carboxylic acids is 1. The van der Waals surface area contributed by atoms with Gasteiger partial charge >= 0.3 is 0 Å². The summed E-state index contributed by atoms with van der Waals surface area (Å²) >= 11 is 0. The molecule has 0 fully saturated rings. The van der Waals surface area contributed by atoms with Crippen molar-refractivity contribution in [2.45, 2.75) is 33.1 Å². The number of aryl methyl sites for hydroxylation is 1. The van der Waals surface area contributed by atoms with Gasteiger partial charge in [-0.1, -0.05) is 13.3 Å². The molecular formula is C12H14F2O. The summed E-state index contributed by atoms with van der Waals surface area (Å²) in [4.78, 5) is 10.9. The minimum Gasteiger partial charge on any atom is -0.294 e. The van der Waals surface area contributed by atoms with E-state index in [1.54, 1.807) is 0 Å². The maximum atomic E-state index is 13.4. The molecule has 0 unspecified atom stereocenters. The van der Waals surface area contributed by atoms with E-state index in [4.69, 9.17) is 0 Å². The first kappa shape index (κ1) is 11.8. The molecule has 1 aromatic carbocycles. The predicted molar refractivity (Wildman–Crippen MR) is 55.0 cm³/mol. The van der Waals surface area contributed by atoms with Crippen molar-refractivity contribution in [3.63, 3.8) is 0 Å². The van der Waals surface area contributed by atoms with Crippen LogP contribution in [0.2, 0.25) is 0 Å². The Morgan fingerprint density at radius 3 is 2.47 bits per heavy atom. The Morgan fingerprint density at radius 2 is 1.93 bits per heavy atom. The van der Waals surface area contributed by atoms with Crippen LogP contribution in [0, 0.1) is 11.6 Å². The summed E-state index contributed by atoms with van der Waals surface area (Å²) in [6.45, 7) is 3.21. The summed E-state index contributed by atoms with van der Waals surface area (Å²) in [5, 5.41) is 0. The van der Waals surface area contributed by atoms with Gasteiger partial charge in [0.05, 0.1) is 5.56 Å². The lowest BCUT2D eigenvalue weighted by molar-refractivity contribution is 0.101. The molecular weight excluding hydrogens is 198 g/mol. The fourth-order valence-electron chi connectivity index (χ4n) is 1.42. The highest BCUT2D eigenvalue weighted by molar-refractivity contribution is 5.94. The van der Waals surface area contributed by atoms with Crippen LogP contribution in [-0.2, 0) is 6.42 Å². The number of carbonyl (C=O) groups is 1. The van der Waals surface area contributed by atoms with Crippen LogP contribution in [0.4, 0.5) is 8.78 Å². The number of unbranched alkanes of at least 4 members (excludes halogenated alkanes) is 1. The van der Waals surface area contributed by atoms with Crippen LogP contribution >= 0.6 is 0 Å². The molecule has 0 amide bonds. The molecule has 0 spiro atoms. The van der Waals surface area contributed by atoms with Gasteiger partial charge < -0.3 is 0 Å². The van der Waals surface area contributed by atoms with Crippen molar-refractivity contribution in [2.75, 3.05) is 0 Å². The second-order valence-electron chi connectivity index (χ2n) is 3.58. The highest BCUT2D eigenvalue weighted by Gasteiger charge is 2.12. The molecule has 1 nitrogen and oxygen atoms in total. The van der Waals surface area contributed by atoms with E-state index in [2.05, 4.69) is 0 Å². The minimum absolute atomic E-state index is 0.173. The maximum absolute atomic E-state index is 13.4. The van der Waals surface area contributed by atoms with Crippen LogP contribution in [0.25, 0.3) is 0 Å². The smallest absolute Gasteiger partial charge is 0.162 e. The van der Waals surface area contributed by atoms with Gasteiger partial charge in [-0.2, -0.15) is 0 Å². The fourth-order valence-corrected chi connectivity index (χ4v) is 1.42. The molecule has 0 atom stereocenters. The lowest BCUT2D eigenvalue weighted by Gasteiger charge is -2.05. The van der Waals surface area contributed by atoms with Crippen molar-refractivity contribution < 1.29 is 13.6 Å². The molecule has 0 saturated heterocycles. The fraction of sp³-hybridized carbons (Fsp3) is 0.417. The topological polar surface area (TPSA) is 17.1 Å². The average Bonchev–Trinajstić information content (AvgIpc) is 2.18. The third-order valence-electron chi connectivity index (χ3n) is 2.32. The SMILES string of the molecule is CCCCc1cc(F)c(C(C)=O)cc1F. The van der Waals surface area contributed by atoms with Crippen molar-refractivity contribution in [3.05, 3.63) is 34.9 Å². The molecule has 1 aromatic rings. The van der Waals surface area contributed by atoms with Crippen molar-refractivity contribution in [3.8, 4) is 0 Å². The first-order chi connectivity index (χ1) is 7.06. The third-order valence-corrected chi connectivity index (χ3v) is 2.32. The summed E-state index contributed by atoms with van der Waals surface area (Å²) < 4.78 is 26.7. The zero-order chi connectivity index (χ0) is 11.4. The standard InChI is InChI=1S/C12H14F2O/c1-3-4-5-9-6-12(14)10(8(2)15)7-11(9)13/h6-7H,3-5H2,1-2H3. The normalized spacial score (nSPS) is 10.4. The van der Waals surface area contributed by atoms with Gasteiger partial charge in [0.1, 0.15) is 11.6 Å². The van der Waals surface area contributed by atoms with Crippen LogP contribution in [0.15, 0.2) is 12.1 Å². The Labute approximate surface area is 88.1 Å². The number of hydrogen-bond acceptors (Lipinski definition) is 1. The van der Waals surface area contributed by atoms with E-state index in [1.807, 2.05) is 6.92 Å². The number of Topliss-reactive ketones (excluding diaryl/α,β-unsaturated/α-hetero) is 1. The molecule has 15 heavy (non-hydrogen) atoms. The Balaban J connectivity index is 3.02. The van der Waals surface area contributed by atoms with Crippen molar-refractivity contribution in [1.29, 1.82) is 0 Å². The monoisotopic (exact) mass is 212 g/mol. The second-order valence-corrected chi connectivity index (χ2v) is 3.58. The van der Waals surface area contributed by atoms with Gasteiger partial charge in [-0.15, -0.1) is 0 Å². The van der Waals surface area contributed by atoms with Crippen LogP contribution in [0.5, 0.6) is 0 Å². The molecule has 1 rings (SSSR count). The largest absolute Gasteiger partial charge is 0.294 e. The molecule has 0 aromatic heterocycles. The van der Waals surface area contributed by atoms with Gasteiger partial charge in [0.25, 0.3) is 0 Å². The molecule has 0 bridgehead atoms. The van der Waals surface area contributed by atoms with Crippen molar-refractivity contribution >= 4 is 5.78 Å². The molecule has 82 valence electrons. The first-order valence-corrected chi connectivity index (χ1v) is 5.05. The van der Waals surface area contributed by atoms with E-state index in [1.165, 1.54) is 6.92 Å². The third kappa shape index (κ3) is 2.85.